The average Bonchev–Trinajstić information content (AvgIpc) is 2.84. The molecule has 1 saturated heterocycles. The van der Waals surface area contributed by atoms with E-state index in [1.54, 1.807) is 13.1 Å². The summed E-state index contributed by atoms with van der Waals surface area (Å²) in [6.07, 6.45) is -0.309. The minimum Gasteiger partial charge on any atom is -0.497 e. The number of benzene rings is 1. The Morgan fingerprint density at radius 2 is 2.09 bits per heavy atom. The van der Waals surface area contributed by atoms with Gasteiger partial charge in [0.2, 0.25) is 10.0 Å². The minimum absolute atomic E-state index is 0.0290. The molecule has 23 heavy (non-hydrogen) atoms. The Balaban J connectivity index is 2.00. The molecular formula is C14H20N2O6S. The molecule has 0 aromatic heterocycles. The maximum absolute atomic E-state index is 12.4. The van der Waals surface area contributed by atoms with E-state index in [0.29, 0.717) is 18.7 Å². The number of amides is 1. The second-order valence-corrected chi connectivity index (χ2v) is 6.82. The summed E-state index contributed by atoms with van der Waals surface area (Å²) in [7, 11) is 0.780. The van der Waals surface area contributed by atoms with Gasteiger partial charge in [0, 0.05) is 19.7 Å². The number of sulfonamides is 1. The maximum atomic E-state index is 12.4. The van der Waals surface area contributed by atoms with Crippen LogP contribution in [0.1, 0.15) is 6.42 Å². The minimum atomic E-state index is -3.73. The monoisotopic (exact) mass is 344 g/mol. The highest BCUT2D eigenvalue weighted by Crippen LogP contribution is 2.28. The van der Waals surface area contributed by atoms with Crippen molar-refractivity contribution in [2.45, 2.75) is 17.4 Å². The molecule has 1 fully saturated rings. The standard InChI is InChI=1S/C14H20N2O6S/c1-16-9-11(22-14(16)17)6-7-15-23(18,19)13-5-4-10(20-2)8-12(13)21-3/h4-5,8,11,15H,6-7,9H2,1-3H3. The van der Waals surface area contributed by atoms with Crippen LogP contribution in [0, 0.1) is 0 Å². The van der Waals surface area contributed by atoms with Crippen LogP contribution in [0.25, 0.3) is 0 Å². The lowest BCUT2D eigenvalue weighted by Crippen LogP contribution is -2.28. The summed E-state index contributed by atoms with van der Waals surface area (Å²) in [5, 5.41) is 0. The maximum Gasteiger partial charge on any atom is 0.409 e. The Hall–Kier alpha value is -2.00. The van der Waals surface area contributed by atoms with Gasteiger partial charge < -0.3 is 19.1 Å². The topological polar surface area (TPSA) is 94.2 Å². The average molecular weight is 344 g/mol. The summed E-state index contributed by atoms with van der Waals surface area (Å²) < 4.78 is 42.4. The summed E-state index contributed by atoms with van der Waals surface area (Å²) in [5.41, 5.74) is 0. The molecule has 1 aromatic rings. The van der Waals surface area contributed by atoms with Gasteiger partial charge >= 0.3 is 6.09 Å². The number of nitrogens with one attached hydrogen (secondary N) is 1. The van der Waals surface area contributed by atoms with Gasteiger partial charge in [0.25, 0.3) is 0 Å². The predicted octanol–water partition coefficient (Wildman–Crippen LogP) is 0.823. The molecule has 0 spiro atoms. The molecule has 0 radical (unpaired) electrons. The molecule has 1 atom stereocenters. The number of likely N-dealkylation sites (N-methyl/N-ethyl adjacent to an activating group) is 1. The molecular weight excluding hydrogens is 324 g/mol. The van der Waals surface area contributed by atoms with Crippen LogP contribution < -0.4 is 14.2 Å². The lowest BCUT2D eigenvalue weighted by molar-refractivity contribution is 0.131. The SMILES string of the molecule is COc1ccc(S(=O)(=O)NCCC2CN(C)C(=O)O2)c(OC)c1. The normalized spacial score (nSPS) is 18.0. The smallest absolute Gasteiger partial charge is 0.409 e. The van der Waals surface area contributed by atoms with Crippen molar-refractivity contribution >= 4 is 16.1 Å². The van der Waals surface area contributed by atoms with Gasteiger partial charge in [-0.2, -0.15) is 0 Å². The van der Waals surface area contributed by atoms with Gasteiger partial charge in [-0.15, -0.1) is 0 Å². The van der Waals surface area contributed by atoms with Gasteiger partial charge in [-0.3, -0.25) is 0 Å². The van der Waals surface area contributed by atoms with Gasteiger partial charge in [0.05, 0.1) is 20.8 Å². The molecule has 128 valence electrons. The highest BCUT2D eigenvalue weighted by molar-refractivity contribution is 7.89. The van der Waals surface area contributed by atoms with Crippen molar-refractivity contribution in [2.75, 3.05) is 34.4 Å². The number of rotatable bonds is 7. The number of carbonyl (C=O) groups excluding carboxylic acids is 1. The van der Waals surface area contributed by atoms with Crippen LogP contribution in [-0.2, 0) is 14.8 Å². The van der Waals surface area contributed by atoms with Crippen LogP contribution in [0.5, 0.6) is 11.5 Å². The number of nitrogens with zero attached hydrogens (tertiary/aromatic N) is 1. The summed E-state index contributed by atoms with van der Waals surface area (Å²) in [6, 6.07) is 4.47. The third-order valence-electron chi connectivity index (χ3n) is 3.48. The van der Waals surface area contributed by atoms with Crippen LogP contribution >= 0.6 is 0 Å². The fourth-order valence-electron chi connectivity index (χ4n) is 2.23. The van der Waals surface area contributed by atoms with Crippen molar-refractivity contribution in [3.8, 4) is 11.5 Å². The molecule has 1 unspecified atom stereocenters. The molecule has 1 aliphatic heterocycles. The van der Waals surface area contributed by atoms with E-state index in [1.807, 2.05) is 0 Å². The summed E-state index contributed by atoms with van der Waals surface area (Å²) in [6.45, 7) is 0.607. The van der Waals surface area contributed by atoms with Crippen LogP contribution in [0.15, 0.2) is 23.1 Å². The van der Waals surface area contributed by atoms with Crippen LogP contribution in [-0.4, -0.2) is 59.9 Å². The molecule has 0 bridgehead atoms. The zero-order valence-electron chi connectivity index (χ0n) is 13.2. The van der Waals surface area contributed by atoms with Gasteiger partial charge in [0.15, 0.2) is 0 Å². The third kappa shape index (κ3) is 4.05. The van der Waals surface area contributed by atoms with E-state index >= 15 is 0 Å². The van der Waals surface area contributed by atoms with E-state index < -0.39 is 16.1 Å². The molecule has 1 amide bonds. The lowest BCUT2D eigenvalue weighted by atomic mass is 10.2. The number of hydrogen-bond acceptors (Lipinski definition) is 6. The number of ether oxygens (including phenoxy) is 3. The van der Waals surface area contributed by atoms with Gasteiger partial charge in [-0.05, 0) is 18.6 Å². The quantitative estimate of drug-likeness (QED) is 0.787. The lowest BCUT2D eigenvalue weighted by Gasteiger charge is -2.13. The first kappa shape index (κ1) is 17.4. The Morgan fingerprint density at radius 1 is 1.35 bits per heavy atom. The fourth-order valence-corrected chi connectivity index (χ4v) is 3.43. The van der Waals surface area contributed by atoms with E-state index in [9.17, 15) is 13.2 Å². The van der Waals surface area contributed by atoms with Gasteiger partial charge in [0.1, 0.15) is 22.5 Å². The van der Waals surface area contributed by atoms with E-state index in [-0.39, 0.29) is 23.3 Å². The second-order valence-electron chi connectivity index (χ2n) is 5.09. The molecule has 1 heterocycles. The first-order valence-electron chi connectivity index (χ1n) is 7.01. The van der Waals surface area contributed by atoms with Crippen molar-refractivity contribution in [1.82, 2.24) is 9.62 Å². The second kappa shape index (κ2) is 7.05. The number of methoxy groups -OCH3 is 2. The zero-order valence-corrected chi connectivity index (χ0v) is 14.1. The fraction of sp³-hybridized carbons (Fsp3) is 0.500. The highest BCUT2D eigenvalue weighted by Gasteiger charge is 2.28. The Bertz CT molecular complexity index is 676. The molecule has 8 nitrogen and oxygen atoms in total. The van der Waals surface area contributed by atoms with E-state index in [2.05, 4.69) is 4.72 Å². The molecule has 2 rings (SSSR count). The predicted molar refractivity (Wildman–Crippen MR) is 82.3 cm³/mol. The summed E-state index contributed by atoms with van der Waals surface area (Å²) in [4.78, 5) is 12.7. The summed E-state index contributed by atoms with van der Waals surface area (Å²) >= 11 is 0. The van der Waals surface area contributed by atoms with Crippen LogP contribution in [0.3, 0.4) is 0 Å². The van der Waals surface area contributed by atoms with Crippen molar-refractivity contribution in [1.29, 1.82) is 0 Å². The van der Waals surface area contributed by atoms with Crippen molar-refractivity contribution in [3.63, 3.8) is 0 Å². The number of hydrogen-bond donors (Lipinski definition) is 1. The van der Waals surface area contributed by atoms with E-state index in [4.69, 9.17) is 14.2 Å². The first-order valence-corrected chi connectivity index (χ1v) is 8.49. The van der Waals surface area contributed by atoms with Crippen LogP contribution in [0.2, 0.25) is 0 Å². The largest absolute Gasteiger partial charge is 0.497 e. The molecule has 9 heteroatoms. The first-order chi connectivity index (χ1) is 10.9. The van der Waals surface area contributed by atoms with E-state index in [1.165, 1.54) is 31.3 Å². The highest BCUT2D eigenvalue weighted by atomic mass is 32.2. The van der Waals surface area contributed by atoms with Crippen molar-refractivity contribution in [3.05, 3.63) is 18.2 Å². The Kier molecular flexibility index (Phi) is 5.32. The van der Waals surface area contributed by atoms with Gasteiger partial charge in [-0.1, -0.05) is 0 Å². The van der Waals surface area contributed by atoms with Crippen molar-refractivity contribution in [2.24, 2.45) is 0 Å². The Morgan fingerprint density at radius 3 is 2.65 bits per heavy atom. The summed E-state index contributed by atoms with van der Waals surface area (Å²) in [5.74, 6) is 0.700. The number of carbonyl (C=O) groups is 1. The van der Waals surface area contributed by atoms with Crippen molar-refractivity contribution < 1.29 is 27.4 Å². The Labute approximate surface area is 135 Å². The molecule has 1 N–H and O–H groups in total. The van der Waals surface area contributed by atoms with Gasteiger partial charge in [-0.25, -0.2) is 17.9 Å². The number of cyclic esters (lactones) is 1. The molecule has 0 saturated carbocycles. The third-order valence-corrected chi connectivity index (χ3v) is 4.98. The molecule has 0 aliphatic carbocycles. The van der Waals surface area contributed by atoms with Crippen LogP contribution in [0.4, 0.5) is 4.79 Å². The zero-order chi connectivity index (χ0) is 17.0. The van der Waals surface area contributed by atoms with E-state index in [0.717, 1.165) is 0 Å². The molecule has 1 aromatic carbocycles. The molecule has 1 aliphatic rings.